The average Bonchev–Trinajstić information content (AvgIpc) is 3.22. The van der Waals surface area contributed by atoms with E-state index in [1.807, 2.05) is 6.92 Å². The molecule has 2 N–H and O–H groups in total. The molecule has 2 aromatic heterocycles. The van der Waals surface area contributed by atoms with Crippen LogP contribution in [-0.4, -0.2) is 47.2 Å². The summed E-state index contributed by atoms with van der Waals surface area (Å²) in [6.07, 6.45) is 1.66. The predicted molar refractivity (Wildman–Crippen MR) is 141 cm³/mol. The molecule has 2 amide bonds. The Bertz CT molecular complexity index is 1290. The number of carbonyl (C=O) groups is 2. The Morgan fingerprint density at radius 2 is 1.95 bits per heavy atom. The SMILES string of the molecule is CCc1nc2ccc(Cl)cn2c1C(=O)NCc1ccc(N(CCNC(=O)OC(C)(C)C)N=O)c(OC)c1. The number of rotatable bonds is 10. The summed E-state index contributed by atoms with van der Waals surface area (Å²) in [5, 5.41) is 10.2. The molecule has 0 unspecified atom stereocenters. The minimum absolute atomic E-state index is 0.103. The first kappa shape index (κ1) is 27.7. The lowest BCUT2D eigenvalue weighted by Crippen LogP contribution is -2.36. The Balaban J connectivity index is 1.68. The number of hydrogen-bond donors (Lipinski definition) is 2. The van der Waals surface area contributed by atoms with Crippen molar-refractivity contribution in [2.45, 2.75) is 46.3 Å². The van der Waals surface area contributed by atoms with E-state index in [2.05, 4.69) is 20.9 Å². The first-order valence-corrected chi connectivity index (χ1v) is 12.1. The van der Waals surface area contributed by atoms with Gasteiger partial charge in [-0.3, -0.25) is 9.20 Å². The number of amides is 2. The number of nitrogens with one attached hydrogen (secondary N) is 2. The molecule has 0 saturated heterocycles. The van der Waals surface area contributed by atoms with Crippen molar-refractivity contribution in [3.05, 3.63) is 63.4 Å². The van der Waals surface area contributed by atoms with Crippen molar-refractivity contribution in [1.29, 1.82) is 0 Å². The highest BCUT2D eigenvalue weighted by Gasteiger charge is 2.20. The van der Waals surface area contributed by atoms with Crippen molar-refractivity contribution < 1.29 is 19.1 Å². The van der Waals surface area contributed by atoms with E-state index in [1.165, 1.54) is 12.1 Å². The zero-order chi connectivity index (χ0) is 27.2. The summed E-state index contributed by atoms with van der Waals surface area (Å²) in [4.78, 5) is 40.9. The standard InChI is InChI=1S/C25H31ClN6O5/c1-6-18-22(31-15-17(26)8-10-21(31)29-18)23(33)28-14-16-7-9-19(20(13-16)36-5)32(30-35)12-11-27-24(34)37-25(2,3)4/h7-10,13,15H,6,11-12,14H2,1-5H3,(H,27,34)(H,28,33). The molecule has 3 aromatic rings. The molecule has 0 radical (unpaired) electrons. The topological polar surface area (TPSA) is 127 Å². The Labute approximate surface area is 220 Å². The molecule has 0 bridgehead atoms. The summed E-state index contributed by atoms with van der Waals surface area (Å²) < 4.78 is 12.3. The quantitative estimate of drug-likeness (QED) is 0.292. The molecule has 0 saturated carbocycles. The summed E-state index contributed by atoms with van der Waals surface area (Å²) in [6, 6.07) is 8.62. The highest BCUT2D eigenvalue weighted by molar-refractivity contribution is 6.30. The van der Waals surface area contributed by atoms with E-state index in [9.17, 15) is 14.5 Å². The molecule has 11 nitrogen and oxygen atoms in total. The smallest absolute Gasteiger partial charge is 0.407 e. The van der Waals surface area contributed by atoms with Crippen molar-refractivity contribution in [3.8, 4) is 5.75 Å². The number of hydrogen-bond acceptors (Lipinski definition) is 7. The Hall–Kier alpha value is -3.86. The van der Waals surface area contributed by atoms with Crippen LogP contribution in [0.1, 0.15) is 49.4 Å². The highest BCUT2D eigenvalue weighted by Crippen LogP contribution is 2.29. The molecule has 0 aliphatic carbocycles. The van der Waals surface area contributed by atoms with Crippen molar-refractivity contribution in [1.82, 2.24) is 20.0 Å². The van der Waals surface area contributed by atoms with Crippen LogP contribution in [0.4, 0.5) is 10.5 Å². The second kappa shape index (κ2) is 11.9. The first-order valence-electron chi connectivity index (χ1n) is 11.8. The molecular weight excluding hydrogens is 500 g/mol. The van der Waals surface area contributed by atoms with Crippen LogP contribution in [0.5, 0.6) is 5.75 Å². The molecule has 0 fully saturated rings. The van der Waals surface area contributed by atoms with Gasteiger partial charge in [0.05, 0.1) is 29.7 Å². The van der Waals surface area contributed by atoms with E-state index in [4.69, 9.17) is 21.1 Å². The van der Waals surface area contributed by atoms with Gasteiger partial charge in [-0.2, -0.15) is 0 Å². The number of aryl methyl sites for hydroxylation is 1. The van der Waals surface area contributed by atoms with Gasteiger partial charge in [-0.15, -0.1) is 4.91 Å². The number of nitrogens with zero attached hydrogens (tertiary/aromatic N) is 4. The fourth-order valence-electron chi connectivity index (χ4n) is 3.65. The predicted octanol–water partition coefficient (Wildman–Crippen LogP) is 4.50. The lowest BCUT2D eigenvalue weighted by molar-refractivity contribution is 0.0529. The van der Waals surface area contributed by atoms with Gasteiger partial charge in [-0.05, 0) is 57.0 Å². The third-order valence-electron chi connectivity index (χ3n) is 5.27. The van der Waals surface area contributed by atoms with Gasteiger partial charge in [0.2, 0.25) is 0 Å². The molecule has 12 heteroatoms. The maximum absolute atomic E-state index is 13.1. The fraction of sp³-hybridized carbons (Fsp3) is 0.400. The van der Waals surface area contributed by atoms with Gasteiger partial charge in [0.25, 0.3) is 5.91 Å². The van der Waals surface area contributed by atoms with Crippen molar-refractivity contribution in [2.24, 2.45) is 5.29 Å². The maximum atomic E-state index is 13.1. The zero-order valence-corrected chi connectivity index (χ0v) is 22.3. The van der Waals surface area contributed by atoms with E-state index >= 15 is 0 Å². The van der Waals surface area contributed by atoms with Crippen molar-refractivity contribution >= 4 is 34.9 Å². The molecule has 2 heterocycles. The van der Waals surface area contributed by atoms with Gasteiger partial charge < -0.3 is 20.1 Å². The Morgan fingerprint density at radius 3 is 2.59 bits per heavy atom. The number of fused-ring (bicyclic) bond motifs is 1. The Kier molecular flexibility index (Phi) is 8.93. The van der Waals surface area contributed by atoms with Gasteiger partial charge in [0.1, 0.15) is 28.4 Å². The number of benzene rings is 1. The minimum Gasteiger partial charge on any atom is -0.494 e. The van der Waals surface area contributed by atoms with Crippen LogP contribution in [0, 0.1) is 4.91 Å². The fourth-order valence-corrected chi connectivity index (χ4v) is 3.81. The number of methoxy groups -OCH3 is 1. The lowest BCUT2D eigenvalue weighted by atomic mass is 10.1. The number of nitroso groups, excluding NO2 is 1. The van der Waals surface area contributed by atoms with Crippen LogP contribution >= 0.6 is 11.6 Å². The van der Waals surface area contributed by atoms with E-state index in [-0.39, 0.29) is 25.5 Å². The molecule has 0 atom stereocenters. The summed E-state index contributed by atoms with van der Waals surface area (Å²) in [5.74, 6) is 0.0958. The second-order valence-corrected chi connectivity index (χ2v) is 9.59. The maximum Gasteiger partial charge on any atom is 0.407 e. The Morgan fingerprint density at radius 1 is 1.19 bits per heavy atom. The summed E-state index contributed by atoms with van der Waals surface area (Å²) in [6.45, 7) is 7.65. The third kappa shape index (κ3) is 7.10. The van der Waals surface area contributed by atoms with Gasteiger partial charge >= 0.3 is 6.09 Å². The van der Waals surface area contributed by atoms with Crippen LogP contribution < -0.4 is 20.4 Å². The molecule has 37 heavy (non-hydrogen) atoms. The first-order chi connectivity index (χ1) is 17.6. The second-order valence-electron chi connectivity index (χ2n) is 9.16. The van der Waals surface area contributed by atoms with Gasteiger partial charge in [0, 0.05) is 19.3 Å². The number of pyridine rings is 1. The van der Waals surface area contributed by atoms with Gasteiger partial charge in [-0.25, -0.2) is 14.8 Å². The largest absolute Gasteiger partial charge is 0.494 e. The monoisotopic (exact) mass is 530 g/mol. The van der Waals surface area contributed by atoms with Crippen LogP contribution in [0.15, 0.2) is 41.8 Å². The molecule has 0 aliphatic rings. The molecule has 3 rings (SSSR count). The number of carbonyl (C=O) groups excluding carboxylic acids is 2. The van der Waals surface area contributed by atoms with Crippen LogP contribution in [-0.2, 0) is 17.7 Å². The number of ether oxygens (including phenoxy) is 2. The van der Waals surface area contributed by atoms with E-state index in [0.717, 1.165) is 5.56 Å². The number of imidazole rings is 1. The van der Waals surface area contributed by atoms with Crippen LogP contribution in [0.2, 0.25) is 5.02 Å². The van der Waals surface area contributed by atoms with Gasteiger partial charge in [-0.1, -0.05) is 24.6 Å². The molecule has 198 valence electrons. The highest BCUT2D eigenvalue weighted by atomic mass is 35.5. The average molecular weight is 531 g/mol. The van der Waals surface area contributed by atoms with E-state index in [1.54, 1.807) is 61.7 Å². The molecule has 1 aromatic carbocycles. The van der Waals surface area contributed by atoms with Crippen molar-refractivity contribution in [2.75, 3.05) is 25.2 Å². The summed E-state index contributed by atoms with van der Waals surface area (Å²) in [5.41, 5.74) is 2.27. The minimum atomic E-state index is -0.628. The number of aromatic nitrogens is 2. The number of alkyl carbamates (subject to hydrolysis) is 1. The normalized spacial score (nSPS) is 11.2. The van der Waals surface area contributed by atoms with E-state index < -0.39 is 11.7 Å². The van der Waals surface area contributed by atoms with Gasteiger partial charge in [0.15, 0.2) is 0 Å². The van der Waals surface area contributed by atoms with Crippen LogP contribution in [0.3, 0.4) is 0 Å². The lowest BCUT2D eigenvalue weighted by Gasteiger charge is -2.21. The molecular formula is C25H31ClN6O5. The third-order valence-corrected chi connectivity index (χ3v) is 5.49. The van der Waals surface area contributed by atoms with Crippen molar-refractivity contribution in [3.63, 3.8) is 0 Å². The molecule has 0 aliphatic heterocycles. The number of halogens is 1. The molecule has 0 spiro atoms. The summed E-state index contributed by atoms with van der Waals surface area (Å²) >= 11 is 6.12. The van der Waals surface area contributed by atoms with Crippen LogP contribution in [0.25, 0.3) is 5.65 Å². The zero-order valence-electron chi connectivity index (χ0n) is 21.5. The van der Waals surface area contributed by atoms with E-state index in [0.29, 0.717) is 39.9 Å². The number of anilines is 1. The summed E-state index contributed by atoms with van der Waals surface area (Å²) in [7, 11) is 1.47.